The van der Waals surface area contributed by atoms with Gasteiger partial charge in [0.1, 0.15) is 5.82 Å². The Labute approximate surface area is 135 Å². The molecule has 0 radical (unpaired) electrons. The van der Waals surface area contributed by atoms with E-state index in [1.807, 2.05) is 47.2 Å². The quantitative estimate of drug-likeness (QED) is 0.761. The van der Waals surface area contributed by atoms with Crippen LogP contribution in [0.3, 0.4) is 0 Å². The van der Waals surface area contributed by atoms with Gasteiger partial charge in [0.2, 0.25) is 5.91 Å². The fourth-order valence-corrected chi connectivity index (χ4v) is 2.56. The molecule has 1 aromatic carbocycles. The van der Waals surface area contributed by atoms with E-state index < -0.39 is 0 Å². The van der Waals surface area contributed by atoms with Crippen molar-refractivity contribution >= 4 is 16.8 Å². The average Bonchev–Trinajstić information content (AvgIpc) is 3.05. The number of pyridine rings is 1. The number of rotatable bonds is 6. The highest BCUT2D eigenvalue weighted by atomic mass is 16.1. The molecule has 3 rings (SSSR count). The van der Waals surface area contributed by atoms with Gasteiger partial charge in [0, 0.05) is 37.2 Å². The molecule has 0 spiro atoms. The Morgan fingerprint density at radius 3 is 2.96 bits per heavy atom. The zero-order chi connectivity index (χ0) is 16.1. The molecule has 0 bridgehead atoms. The number of fused-ring (bicyclic) bond motifs is 1. The molecule has 0 fully saturated rings. The molecule has 1 amide bonds. The maximum atomic E-state index is 12.0. The second kappa shape index (κ2) is 7.05. The van der Waals surface area contributed by atoms with E-state index in [1.54, 1.807) is 6.20 Å². The number of amides is 1. The van der Waals surface area contributed by atoms with Gasteiger partial charge in [-0.25, -0.2) is 4.98 Å². The number of aromatic nitrogens is 3. The molecule has 0 unspecified atom stereocenters. The molecule has 0 atom stereocenters. The van der Waals surface area contributed by atoms with Gasteiger partial charge in [-0.15, -0.1) is 0 Å². The highest BCUT2D eigenvalue weighted by Crippen LogP contribution is 2.11. The van der Waals surface area contributed by atoms with Gasteiger partial charge in [-0.1, -0.05) is 31.2 Å². The molecule has 23 heavy (non-hydrogen) atoms. The Morgan fingerprint density at radius 2 is 2.09 bits per heavy atom. The maximum absolute atomic E-state index is 12.0. The second-order valence-electron chi connectivity index (χ2n) is 5.41. The van der Waals surface area contributed by atoms with E-state index in [9.17, 15) is 4.79 Å². The third-order valence-electron chi connectivity index (χ3n) is 3.82. The van der Waals surface area contributed by atoms with Crippen molar-refractivity contribution in [2.75, 3.05) is 0 Å². The summed E-state index contributed by atoms with van der Waals surface area (Å²) < 4.78 is 2.02. The minimum Gasteiger partial charge on any atom is -0.350 e. The minimum atomic E-state index is 0.0238. The van der Waals surface area contributed by atoms with Crippen LogP contribution in [-0.4, -0.2) is 20.4 Å². The van der Waals surface area contributed by atoms with Crippen LogP contribution in [0.4, 0.5) is 0 Å². The van der Waals surface area contributed by atoms with Crippen LogP contribution in [0.25, 0.3) is 10.9 Å². The molecule has 1 N–H and O–H groups in total. The van der Waals surface area contributed by atoms with Gasteiger partial charge < -0.3 is 9.88 Å². The molecular weight excluding hydrogens is 288 g/mol. The van der Waals surface area contributed by atoms with Crippen LogP contribution in [0.2, 0.25) is 0 Å². The van der Waals surface area contributed by atoms with Crippen molar-refractivity contribution in [1.82, 2.24) is 19.9 Å². The van der Waals surface area contributed by atoms with Gasteiger partial charge in [0.15, 0.2) is 0 Å². The van der Waals surface area contributed by atoms with Crippen LogP contribution in [0.15, 0.2) is 48.8 Å². The van der Waals surface area contributed by atoms with E-state index in [1.165, 1.54) is 0 Å². The molecule has 0 aliphatic rings. The van der Waals surface area contributed by atoms with Crippen molar-refractivity contribution < 1.29 is 4.79 Å². The smallest absolute Gasteiger partial charge is 0.222 e. The summed E-state index contributed by atoms with van der Waals surface area (Å²) in [6, 6.07) is 11.9. The van der Waals surface area contributed by atoms with Crippen LogP contribution >= 0.6 is 0 Å². The molecule has 0 saturated carbocycles. The van der Waals surface area contributed by atoms with Crippen LogP contribution < -0.4 is 5.32 Å². The monoisotopic (exact) mass is 308 g/mol. The fraction of sp³-hybridized carbons (Fsp3) is 0.278. The first kappa shape index (κ1) is 15.2. The first-order valence-corrected chi connectivity index (χ1v) is 7.87. The van der Waals surface area contributed by atoms with E-state index in [4.69, 9.17) is 0 Å². The highest BCUT2D eigenvalue weighted by molar-refractivity contribution is 5.78. The summed E-state index contributed by atoms with van der Waals surface area (Å²) in [5.41, 5.74) is 1.82. The topological polar surface area (TPSA) is 59.8 Å². The first-order valence-electron chi connectivity index (χ1n) is 7.87. The Morgan fingerprint density at radius 1 is 1.22 bits per heavy atom. The predicted octanol–water partition coefficient (Wildman–Crippen LogP) is 2.70. The summed E-state index contributed by atoms with van der Waals surface area (Å²) >= 11 is 0. The molecule has 3 aromatic rings. The summed E-state index contributed by atoms with van der Waals surface area (Å²) in [6.45, 7) is 3.17. The predicted molar refractivity (Wildman–Crippen MR) is 89.8 cm³/mol. The highest BCUT2D eigenvalue weighted by Gasteiger charge is 2.05. The van der Waals surface area contributed by atoms with Gasteiger partial charge in [0.25, 0.3) is 0 Å². The Balaban J connectivity index is 1.53. The molecular formula is C18H20N4O. The van der Waals surface area contributed by atoms with E-state index in [0.29, 0.717) is 19.5 Å². The van der Waals surface area contributed by atoms with E-state index in [2.05, 4.69) is 22.2 Å². The Kier molecular flexibility index (Phi) is 4.66. The zero-order valence-corrected chi connectivity index (χ0v) is 13.2. The van der Waals surface area contributed by atoms with Gasteiger partial charge in [-0.05, 0) is 12.1 Å². The van der Waals surface area contributed by atoms with E-state index in [0.717, 1.165) is 28.8 Å². The molecule has 5 nitrogen and oxygen atoms in total. The molecule has 0 saturated heterocycles. The Bertz CT molecular complexity index is 809. The summed E-state index contributed by atoms with van der Waals surface area (Å²) in [5.74, 6) is 1.03. The minimum absolute atomic E-state index is 0.0238. The number of carbonyl (C=O) groups excluding carboxylic acids is 1. The maximum Gasteiger partial charge on any atom is 0.222 e. The largest absolute Gasteiger partial charge is 0.350 e. The number of nitrogens with zero attached hydrogens (tertiary/aromatic N) is 3. The van der Waals surface area contributed by atoms with E-state index in [-0.39, 0.29) is 5.91 Å². The number of imidazole rings is 1. The van der Waals surface area contributed by atoms with Gasteiger partial charge in [0.05, 0.1) is 17.8 Å². The number of hydrogen-bond acceptors (Lipinski definition) is 3. The van der Waals surface area contributed by atoms with Crippen molar-refractivity contribution in [3.63, 3.8) is 0 Å². The summed E-state index contributed by atoms with van der Waals surface area (Å²) in [6.07, 6.45) is 5.00. The number of nitrogens with one attached hydrogen (secondary N) is 1. The average molecular weight is 308 g/mol. The molecule has 0 aliphatic heterocycles. The van der Waals surface area contributed by atoms with Gasteiger partial charge in [-0.2, -0.15) is 0 Å². The first-order chi connectivity index (χ1) is 11.3. The third-order valence-corrected chi connectivity index (χ3v) is 3.82. The van der Waals surface area contributed by atoms with E-state index >= 15 is 0 Å². The fourth-order valence-electron chi connectivity index (χ4n) is 2.56. The third kappa shape index (κ3) is 3.74. The van der Waals surface area contributed by atoms with Crippen LogP contribution in [0.5, 0.6) is 0 Å². The SMILES string of the molecule is CCc1nccn1CCC(=O)NCc1ccc2ccccc2n1. The van der Waals surface area contributed by atoms with Crippen molar-refractivity contribution in [2.45, 2.75) is 32.9 Å². The normalized spacial score (nSPS) is 10.8. The van der Waals surface area contributed by atoms with Crippen molar-refractivity contribution in [3.8, 4) is 0 Å². The number of para-hydroxylation sites is 1. The lowest BCUT2D eigenvalue weighted by Crippen LogP contribution is -2.24. The van der Waals surface area contributed by atoms with Crippen molar-refractivity contribution in [2.24, 2.45) is 0 Å². The zero-order valence-electron chi connectivity index (χ0n) is 13.2. The van der Waals surface area contributed by atoms with Crippen molar-refractivity contribution in [1.29, 1.82) is 0 Å². The second-order valence-corrected chi connectivity index (χ2v) is 5.41. The summed E-state index contributed by atoms with van der Waals surface area (Å²) in [5, 5.41) is 4.03. The molecule has 2 heterocycles. The summed E-state index contributed by atoms with van der Waals surface area (Å²) in [4.78, 5) is 20.8. The number of hydrogen-bond donors (Lipinski definition) is 1. The van der Waals surface area contributed by atoms with Gasteiger partial charge >= 0.3 is 0 Å². The molecule has 0 aliphatic carbocycles. The van der Waals surface area contributed by atoms with Crippen LogP contribution in [0, 0.1) is 0 Å². The molecule has 5 heteroatoms. The standard InChI is InChI=1S/C18H20N4O/c1-2-17-19-10-12-22(17)11-9-18(23)20-13-15-8-7-14-5-3-4-6-16(14)21-15/h3-8,10,12H,2,9,11,13H2,1H3,(H,20,23). The lowest BCUT2D eigenvalue weighted by atomic mass is 10.2. The lowest BCUT2D eigenvalue weighted by molar-refractivity contribution is -0.121. The number of carbonyl (C=O) groups is 1. The van der Waals surface area contributed by atoms with Gasteiger partial charge in [-0.3, -0.25) is 9.78 Å². The number of aryl methyl sites for hydroxylation is 2. The summed E-state index contributed by atoms with van der Waals surface area (Å²) in [7, 11) is 0. The Hall–Kier alpha value is -2.69. The van der Waals surface area contributed by atoms with Crippen molar-refractivity contribution in [3.05, 3.63) is 60.3 Å². The number of benzene rings is 1. The van der Waals surface area contributed by atoms with Crippen LogP contribution in [0.1, 0.15) is 24.9 Å². The molecule has 118 valence electrons. The lowest BCUT2D eigenvalue weighted by Gasteiger charge is -2.08. The van der Waals surface area contributed by atoms with Crippen LogP contribution in [-0.2, 0) is 24.3 Å². The molecule has 2 aromatic heterocycles.